The van der Waals surface area contributed by atoms with Crippen molar-refractivity contribution in [3.8, 4) is 17.0 Å². The Morgan fingerprint density at radius 3 is 2.52 bits per heavy atom. The van der Waals surface area contributed by atoms with Crippen LogP contribution in [0.1, 0.15) is 30.9 Å². The summed E-state index contributed by atoms with van der Waals surface area (Å²) in [5, 5.41) is 36.6. The van der Waals surface area contributed by atoms with Gasteiger partial charge in [0.15, 0.2) is 5.78 Å². The minimum absolute atomic E-state index is 0.0321. The van der Waals surface area contributed by atoms with Gasteiger partial charge in [-0.3, -0.25) is 24.3 Å². The second kappa shape index (κ2) is 9.76. The summed E-state index contributed by atoms with van der Waals surface area (Å²) < 4.78 is 5.89. The molecule has 0 spiro atoms. The van der Waals surface area contributed by atoms with Crippen molar-refractivity contribution in [2.45, 2.75) is 37.8 Å². The van der Waals surface area contributed by atoms with Crippen LogP contribution in [-0.4, -0.2) is 75.6 Å². The maximum absolute atomic E-state index is 14.4. The number of hydrogen-bond acceptors (Lipinski definition) is 9. The summed E-state index contributed by atoms with van der Waals surface area (Å²) in [6, 6.07) is 6.21. The van der Waals surface area contributed by atoms with Crippen LogP contribution >= 0.6 is 0 Å². The standard InChI is InChI=1S/C29H32N4O7/c1-13(34)32-20-11-15(19-7-5-6-8-31-19)16-9-14-10-18-23(33(2)3)24(35)17(28(30)39)12-29(18,40-4)27(38)21(14)26(37)22(16)25(20)36/h5-8,11,14,18,23,35-37H,9-10,12H2,1-4H3,(H2,30,39)(H,32,34)/t14?,18?,23?,29-/m0/s1. The summed E-state index contributed by atoms with van der Waals surface area (Å²) in [5.74, 6) is -3.89. The van der Waals surface area contributed by atoms with E-state index in [9.17, 15) is 29.7 Å². The molecule has 1 heterocycles. The third-order valence-electron chi connectivity index (χ3n) is 8.40. The molecule has 1 saturated carbocycles. The number of Topliss-reactive ketones (excluding diaryl/α,β-unsaturated/α-hetero) is 1. The number of nitrogens with zero attached hydrogens (tertiary/aromatic N) is 2. The van der Waals surface area contributed by atoms with Crippen LogP contribution in [-0.2, 0) is 25.5 Å². The number of hydrogen-bond donors (Lipinski definition) is 5. The number of carbonyl (C=O) groups excluding carboxylic acids is 3. The number of rotatable bonds is 5. The van der Waals surface area contributed by atoms with E-state index in [0.29, 0.717) is 23.2 Å². The first kappa shape index (κ1) is 27.4. The van der Waals surface area contributed by atoms with Gasteiger partial charge in [-0.25, -0.2) is 0 Å². The minimum atomic E-state index is -1.59. The molecule has 11 nitrogen and oxygen atoms in total. The lowest BCUT2D eigenvalue weighted by Crippen LogP contribution is -2.63. The number of methoxy groups -OCH3 is 1. The molecule has 0 radical (unpaired) electrons. The molecule has 0 aliphatic heterocycles. The Balaban J connectivity index is 1.76. The fourth-order valence-electron chi connectivity index (χ4n) is 6.73. The van der Waals surface area contributed by atoms with Gasteiger partial charge in [0.1, 0.15) is 22.9 Å². The summed E-state index contributed by atoms with van der Waals surface area (Å²) in [4.78, 5) is 44.8. The van der Waals surface area contributed by atoms with Crippen molar-refractivity contribution in [1.29, 1.82) is 0 Å². The number of amides is 2. The molecule has 1 aromatic carbocycles. The number of aliphatic hydroxyl groups excluding tert-OH is 2. The second-order valence-electron chi connectivity index (χ2n) is 10.8. The van der Waals surface area contributed by atoms with Crippen molar-refractivity contribution in [2.75, 3.05) is 26.5 Å². The van der Waals surface area contributed by atoms with E-state index in [4.69, 9.17) is 10.5 Å². The predicted molar refractivity (Wildman–Crippen MR) is 146 cm³/mol. The van der Waals surface area contributed by atoms with Crippen molar-refractivity contribution in [3.63, 3.8) is 0 Å². The maximum Gasteiger partial charge on any atom is 0.248 e. The van der Waals surface area contributed by atoms with Gasteiger partial charge in [-0.1, -0.05) is 6.07 Å². The number of phenols is 1. The first-order valence-electron chi connectivity index (χ1n) is 12.9. The molecule has 2 aromatic rings. The molecular formula is C29H32N4O7. The topological polar surface area (TPSA) is 175 Å². The van der Waals surface area contributed by atoms with Crippen molar-refractivity contribution >= 4 is 29.0 Å². The van der Waals surface area contributed by atoms with Crippen molar-refractivity contribution < 1.29 is 34.4 Å². The predicted octanol–water partition coefficient (Wildman–Crippen LogP) is 2.46. The fraction of sp³-hybridized carbons (Fsp3) is 0.379. The molecule has 11 heteroatoms. The van der Waals surface area contributed by atoms with Crippen LogP contribution in [0.15, 0.2) is 47.4 Å². The first-order chi connectivity index (χ1) is 18.9. The molecule has 210 valence electrons. The summed E-state index contributed by atoms with van der Waals surface area (Å²) in [5.41, 5.74) is 5.79. The number of nitrogens with two attached hydrogens (primary N) is 1. The summed E-state index contributed by atoms with van der Waals surface area (Å²) in [6.07, 6.45) is 1.95. The number of fused-ring (bicyclic) bond motifs is 3. The highest BCUT2D eigenvalue weighted by molar-refractivity contribution is 6.11. The molecule has 3 aliphatic rings. The third-order valence-corrected chi connectivity index (χ3v) is 8.40. The molecule has 0 saturated heterocycles. The number of ketones is 1. The highest BCUT2D eigenvalue weighted by atomic mass is 16.5. The van der Waals surface area contributed by atoms with Crippen molar-refractivity contribution in [2.24, 2.45) is 17.6 Å². The lowest BCUT2D eigenvalue weighted by atomic mass is 9.57. The molecule has 1 aromatic heterocycles. The summed E-state index contributed by atoms with van der Waals surface area (Å²) in [7, 11) is 4.82. The molecule has 0 bridgehead atoms. The molecule has 1 fully saturated rings. The van der Waals surface area contributed by atoms with Gasteiger partial charge in [-0.05, 0) is 56.6 Å². The van der Waals surface area contributed by atoms with Crippen LogP contribution in [0.5, 0.6) is 5.75 Å². The monoisotopic (exact) mass is 548 g/mol. The fourth-order valence-corrected chi connectivity index (χ4v) is 6.73. The molecule has 3 aliphatic carbocycles. The molecular weight excluding hydrogens is 516 g/mol. The van der Waals surface area contributed by atoms with E-state index in [1.165, 1.54) is 14.0 Å². The van der Waals surface area contributed by atoms with Crippen LogP contribution in [0.3, 0.4) is 0 Å². The van der Waals surface area contributed by atoms with Crippen LogP contribution < -0.4 is 11.1 Å². The van der Waals surface area contributed by atoms with E-state index in [0.717, 1.165) is 0 Å². The number of likely N-dealkylation sites (N-methyl/N-ethyl adjacent to an activating group) is 1. The highest BCUT2D eigenvalue weighted by Crippen LogP contribution is 2.55. The lowest BCUT2D eigenvalue weighted by Gasteiger charge is -2.53. The number of pyridine rings is 1. The Kier molecular flexibility index (Phi) is 6.67. The zero-order chi connectivity index (χ0) is 29.1. The zero-order valence-electron chi connectivity index (χ0n) is 22.7. The first-order valence-corrected chi connectivity index (χ1v) is 12.9. The van der Waals surface area contributed by atoms with E-state index in [1.54, 1.807) is 49.5 Å². The second-order valence-corrected chi connectivity index (χ2v) is 10.8. The number of benzene rings is 1. The number of anilines is 1. The van der Waals surface area contributed by atoms with Gasteiger partial charge in [0.05, 0.1) is 28.6 Å². The number of phenolic OH excluding ortho intramolecular Hbond substituents is 1. The zero-order valence-corrected chi connectivity index (χ0v) is 22.7. The molecule has 2 amide bonds. The molecule has 4 atom stereocenters. The largest absolute Gasteiger partial charge is 0.510 e. The van der Waals surface area contributed by atoms with Crippen LogP contribution in [0.2, 0.25) is 0 Å². The average Bonchev–Trinajstić information content (AvgIpc) is 2.90. The quantitative estimate of drug-likeness (QED) is 0.351. The van der Waals surface area contributed by atoms with Gasteiger partial charge in [-0.2, -0.15) is 0 Å². The van der Waals surface area contributed by atoms with Gasteiger partial charge in [0.2, 0.25) is 11.8 Å². The summed E-state index contributed by atoms with van der Waals surface area (Å²) >= 11 is 0. The number of primary amides is 1. The average molecular weight is 549 g/mol. The van der Waals surface area contributed by atoms with Gasteiger partial charge < -0.3 is 31.1 Å². The van der Waals surface area contributed by atoms with E-state index in [1.807, 2.05) is 0 Å². The van der Waals surface area contributed by atoms with E-state index in [-0.39, 0.29) is 46.7 Å². The number of ether oxygens (including phenoxy) is 1. The van der Waals surface area contributed by atoms with Gasteiger partial charge in [-0.15, -0.1) is 0 Å². The van der Waals surface area contributed by atoms with Crippen molar-refractivity contribution in [3.05, 3.63) is 58.5 Å². The van der Waals surface area contributed by atoms with Crippen LogP contribution in [0.4, 0.5) is 5.69 Å². The Hall–Kier alpha value is -4.22. The summed E-state index contributed by atoms with van der Waals surface area (Å²) in [6.45, 7) is 1.30. The molecule has 40 heavy (non-hydrogen) atoms. The number of aliphatic hydroxyl groups is 2. The number of carbonyl (C=O) groups is 3. The Morgan fingerprint density at radius 1 is 1.23 bits per heavy atom. The smallest absolute Gasteiger partial charge is 0.248 e. The van der Waals surface area contributed by atoms with E-state index in [2.05, 4.69) is 10.3 Å². The van der Waals surface area contributed by atoms with Gasteiger partial charge in [0.25, 0.3) is 0 Å². The normalized spacial score (nSPS) is 25.8. The lowest BCUT2D eigenvalue weighted by molar-refractivity contribution is -0.157. The van der Waals surface area contributed by atoms with E-state index >= 15 is 0 Å². The molecule has 3 unspecified atom stereocenters. The highest BCUT2D eigenvalue weighted by Gasteiger charge is 2.61. The maximum atomic E-state index is 14.4. The molecule has 6 N–H and O–H groups in total. The number of nitrogens with one attached hydrogen (secondary N) is 1. The SMILES string of the molecule is CO[C@@]12CC(C(N)=O)=C(O)C(N(C)C)C1CC1Cc3c(-c4ccccn4)cc(NC(C)=O)c(O)c3C(O)=C1C2=O. The Bertz CT molecular complexity index is 1500. The van der Waals surface area contributed by atoms with E-state index < -0.39 is 46.8 Å². The van der Waals surface area contributed by atoms with Crippen molar-refractivity contribution in [1.82, 2.24) is 9.88 Å². The van der Waals surface area contributed by atoms with Gasteiger partial charge in [0, 0.05) is 43.7 Å². The Morgan fingerprint density at radius 2 is 1.95 bits per heavy atom. The minimum Gasteiger partial charge on any atom is -0.510 e. The molecule has 5 rings (SSSR count). The van der Waals surface area contributed by atoms with Crippen LogP contribution in [0, 0.1) is 11.8 Å². The number of aromatic hydroxyl groups is 1. The van der Waals surface area contributed by atoms with Gasteiger partial charge >= 0.3 is 0 Å². The Labute approximate surface area is 231 Å². The number of aromatic nitrogens is 1. The van der Waals surface area contributed by atoms with Crippen LogP contribution in [0.25, 0.3) is 17.0 Å². The third kappa shape index (κ3) is 3.96.